The highest BCUT2D eigenvalue weighted by molar-refractivity contribution is 5.91. The first-order chi connectivity index (χ1) is 10.0. The molecule has 5 heteroatoms. The van der Waals surface area contributed by atoms with E-state index in [1.165, 1.54) is 20.3 Å². The fraction of sp³-hybridized carbons (Fsp3) is 0.188. The summed E-state index contributed by atoms with van der Waals surface area (Å²) in [7, 11) is 3.07. The minimum absolute atomic E-state index is 0.108. The molecule has 0 saturated heterocycles. The van der Waals surface area contributed by atoms with Gasteiger partial charge in [-0.25, -0.2) is 4.79 Å². The van der Waals surface area contributed by atoms with Gasteiger partial charge in [0.05, 0.1) is 14.2 Å². The summed E-state index contributed by atoms with van der Waals surface area (Å²) in [5, 5.41) is 9.24. The highest BCUT2D eigenvalue weighted by Crippen LogP contribution is 2.34. The molecule has 110 valence electrons. The number of ether oxygens (including phenoxy) is 3. The molecule has 2 rings (SSSR count). The Morgan fingerprint density at radius 3 is 2.10 bits per heavy atom. The van der Waals surface area contributed by atoms with Gasteiger partial charge in [0.1, 0.15) is 28.6 Å². The van der Waals surface area contributed by atoms with Crippen LogP contribution in [0.1, 0.15) is 15.9 Å². The standard InChI is InChI=1S/C16H16O5/c1-10-5-4-6-14(16(17)18)15(10)21-13-8-11(19-2)7-12(9-13)20-3/h4-9H,1-3H3,(H,17,18). The lowest BCUT2D eigenvalue weighted by Gasteiger charge is -2.13. The van der Waals surface area contributed by atoms with Gasteiger partial charge in [-0.2, -0.15) is 0 Å². The molecule has 21 heavy (non-hydrogen) atoms. The number of aromatic carboxylic acids is 1. The zero-order valence-electron chi connectivity index (χ0n) is 12.0. The maximum Gasteiger partial charge on any atom is 0.339 e. The summed E-state index contributed by atoms with van der Waals surface area (Å²) in [4.78, 5) is 11.3. The van der Waals surface area contributed by atoms with Gasteiger partial charge in [0.15, 0.2) is 0 Å². The Labute approximate surface area is 122 Å². The van der Waals surface area contributed by atoms with E-state index in [1.54, 1.807) is 37.3 Å². The van der Waals surface area contributed by atoms with E-state index < -0.39 is 5.97 Å². The van der Waals surface area contributed by atoms with Crippen LogP contribution in [0, 0.1) is 6.92 Å². The van der Waals surface area contributed by atoms with Gasteiger partial charge in [-0.3, -0.25) is 0 Å². The Kier molecular flexibility index (Phi) is 4.33. The van der Waals surface area contributed by atoms with Gasteiger partial charge in [-0.1, -0.05) is 12.1 Å². The Morgan fingerprint density at radius 1 is 1.00 bits per heavy atom. The van der Waals surface area contributed by atoms with Crippen molar-refractivity contribution in [3.05, 3.63) is 47.5 Å². The molecule has 0 aliphatic heterocycles. The number of carboxylic acid groups (broad SMARTS) is 1. The number of hydrogen-bond acceptors (Lipinski definition) is 4. The third kappa shape index (κ3) is 3.25. The van der Waals surface area contributed by atoms with Crippen LogP contribution < -0.4 is 14.2 Å². The fourth-order valence-electron chi connectivity index (χ4n) is 1.91. The lowest BCUT2D eigenvalue weighted by atomic mass is 10.1. The predicted octanol–water partition coefficient (Wildman–Crippen LogP) is 3.50. The second kappa shape index (κ2) is 6.17. The third-order valence-electron chi connectivity index (χ3n) is 2.99. The van der Waals surface area contributed by atoms with Crippen LogP contribution in [0.15, 0.2) is 36.4 Å². The van der Waals surface area contributed by atoms with E-state index in [9.17, 15) is 9.90 Å². The van der Waals surface area contributed by atoms with Crippen LogP contribution >= 0.6 is 0 Å². The SMILES string of the molecule is COc1cc(OC)cc(Oc2c(C)cccc2C(=O)O)c1. The zero-order valence-corrected chi connectivity index (χ0v) is 12.0. The molecular formula is C16H16O5. The second-order valence-corrected chi connectivity index (χ2v) is 4.41. The van der Waals surface area contributed by atoms with Crippen molar-refractivity contribution in [2.75, 3.05) is 14.2 Å². The van der Waals surface area contributed by atoms with Crippen LogP contribution in [-0.4, -0.2) is 25.3 Å². The van der Waals surface area contributed by atoms with Crippen molar-refractivity contribution < 1.29 is 24.1 Å². The Hall–Kier alpha value is -2.69. The molecule has 0 amide bonds. The summed E-state index contributed by atoms with van der Waals surface area (Å²) in [5.74, 6) is 0.844. The second-order valence-electron chi connectivity index (χ2n) is 4.41. The van der Waals surface area contributed by atoms with Gasteiger partial charge < -0.3 is 19.3 Å². The molecule has 0 aromatic heterocycles. The predicted molar refractivity (Wildman–Crippen MR) is 77.8 cm³/mol. The van der Waals surface area contributed by atoms with Crippen LogP contribution in [0.2, 0.25) is 0 Å². The maximum atomic E-state index is 11.3. The summed E-state index contributed by atoms with van der Waals surface area (Å²) in [5.41, 5.74) is 0.841. The lowest BCUT2D eigenvalue weighted by molar-refractivity contribution is 0.0694. The van der Waals surface area contributed by atoms with E-state index in [0.29, 0.717) is 23.0 Å². The molecule has 1 N–H and O–H groups in total. The fourth-order valence-corrected chi connectivity index (χ4v) is 1.91. The highest BCUT2D eigenvalue weighted by Gasteiger charge is 2.15. The lowest BCUT2D eigenvalue weighted by Crippen LogP contribution is -2.01. The molecule has 0 radical (unpaired) electrons. The van der Waals surface area contributed by atoms with Crippen molar-refractivity contribution in [2.24, 2.45) is 0 Å². The van der Waals surface area contributed by atoms with Crippen molar-refractivity contribution in [1.82, 2.24) is 0 Å². The van der Waals surface area contributed by atoms with E-state index in [4.69, 9.17) is 14.2 Å². The van der Waals surface area contributed by atoms with Crippen molar-refractivity contribution >= 4 is 5.97 Å². The zero-order chi connectivity index (χ0) is 15.4. The summed E-state index contributed by atoms with van der Waals surface area (Å²) >= 11 is 0. The topological polar surface area (TPSA) is 65.0 Å². The van der Waals surface area contributed by atoms with E-state index in [1.807, 2.05) is 0 Å². The van der Waals surface area contributed by atoms with Gasteiger partial charge >= 0.3 is 5.97 Å². The summed E-state index contributed by atoms with van der Waals surface area (Å²) in [6, 6.07) is 10.0. The van der Waals surface area contributed by atoms with E-state index in [0.717, 1.165) is 5.56 Å². The first-order valence-electron chi connectivity index (χ1n) is 6.29. The molecule has 0 fully saturated rings. The monoisotopic (exact) mass is 288 g/mol. The van der Waals surface area contributed by atoms with Crippen molar-refractivity contribution in [3.8, 4) is 23.0 Å². The normalized spacial score (nSPS) is 10.0. The van der Waals surface area contributed by atoms with Gasteiger partial charge in [0.25, 0.3) is 0 Å². The minimum atomic E-state index is -1.04. The maximum absolute atomic E-state index is 11.3. The number of para-hydroxylation sites is 1. The molecule has 0 saturated carbocycles. The molecule has 0 heterocycles. The number of rotatable bonds is 5. The van der Waals surface area contributed by atoms with Gasteiger partial charge in [-0.05, 0) is 18.6 Å². The van der Waals surface area contributed by atoms with Crippen LogP contribution in [0.3, 0.4) is 0 Å². The average Bonchev–Trinajstić information content (AvgIpc) is 2.48. The molecule has 0 aliphatic carbocycles. The average molecular weight is 288 g/mol. The number of hydrogen-bond donors (Lipinski definition) is 1. The first-order valence-corrected chi connectivity index (χ1v) is 6.29. The largest absolute Gasteiger partial charge is 0.496 e. The van der Waals surface area contributed by atoms with Gasteiger partial charge in [0, 0.05) is 18.2 Å². The molecule has 0 unspecified atom stereocenters. The molecule has 0 bridgehead atoms. The molecule has 0 spiro atoms. The van der Waals surface area contributed by atoms with Crippen LogP contribution in [0.4, 0.5) is 0 Å². The smallest absolute Gasteiger partial charge is 0.339 e. The Morgan fingerprint density at radius 2 is 1.57 bits per heavy atom. The number of carboxylic acids is 1. The van der Waals surface area contributed by atoms with Crippen molar-refractivity contribution in [2.45, 2.75) is 6.92 Å². The quantitative estimate of drug-likeness (QED) is 0.912. The van der Waals surface area contributed by atoms with Crippen LogP contribution in [0.25, 0.3) is 0 Å². The number of methoxy groups -OCH3 is 2. The number of carbonyl (C=O) groups is 1. The Bertz CT molecular complexity index is 641. The Balaban J connectivity index is 2.45. The van der Waals surface area contributed by atoms with Crippen LogP contribution in [0.5, 0.6) is 23.0 Å². The molecule has 2 aromatic carbocycles. The molecule has 0 aliphatic rings. The molecule has 0 atom stereocenters. The van der Waals surface area contributed by atoms with E-state index in [2.05, 4.69) is 0 Å². The van der Waals surface area contributed by atoms with E-state index in [-0.39, 0.29) is 5.56 Å². The van der Waals surface area contributed by atoms with Gasteiger partial charge in [-0.15, -0.1) is 0 Å². The first kappa shape index (κ1) is 14.7. The third-order valence-corrected chi connectivity index (χ3v) is 2.99. The van der Waals surface area contributed by atoms with Gasteiger partial charge in [0.2, 0.25) is 0 Å². The molecule has 2 aromatic rings. The van der Waals surface area contributed by atoms with E-state index >= 15 is 0 Å². The molecule has 5 nitrogen and oxygen atoms in total. The molecular weight excluding hydrogens is 272 g/mol. The van der Waals surface area contributed by atoms with Crippen LogP contribution in [-0.2, 0) is 0 Å². The summed E-state index contributed by atoms with van der Waals surface area (Å²) in [6.07, 6.45) is 0. The summed E-state index contributed by atoms with van der Waals surface area (Å²) in [6.45, 7) is 1.79. The highest BCUT2D eigenvalue weighted by atomic mass is 16.5. The number of aryl methyl sites for hydroxylation is 1. The minimum Gasteiger partial charge on any atom is -0.496 e. The summed E-state index contributed by atoms with van der Waals surface area (Å²) < 4.78 is 16.1. The van der Waals surface area contributed by atoms with Crippen molar-refractivity contribution in [3.63, 3.8) is 0 Å². The number of benzene rings is 2. The van der Waals surface area contributed by atoms with Crippen molar-refractivity contribution in [1.29, 1.82) is 0 Å².